The molecule has 4 heteroatoms. The van der Waals surface area contributed by atoms with Gasteiger partial charge in [-0.2, -0.15) is 0 Å². The van der Waals surface area contributed by atoms with Crippen LogP contribution in [0.4, 0.5) is 0 Å². The zero-order chi connectivity index (χ0) is 10.4. The van der Waals surface area contributed by atoms with Crippen LogP contribution >= 0.6 is 31.7 Å². The standard InChI is InChI=1S/C11H11OPS2/c1-6-3-7-10(14-5-6)11-8(12-7)4-9(13-2)15-11/h3-4,13H,5H2,1-2H3. The Bertz CT molecular complexity index is 550. The number of fused-ring (bicyclic) bond motifs is 3. The summed E-state index contributed by atoms with van der Waals surface area (Å²) in [6, 6.07) is 2.19. The van der Waals surface area contributed by atoms with Crippen molar-refractivity contribution in [3.05, 3.63) is 17.4 Å². The van der Waals surface area contributed by atoms with E-state index in [4.69, 9.17) is 4.42 Å². The van der Waals surface area contributed by atoms with Crippen LogP contribution in [-0.4, -0.2) is 12.4 Å². The van der Waals surface area contributed by atoms with E-state index >= 15 is 0 Å². The van der Waals surface area contributed by atoms with Crippen molar-refractivity contribution in [1.82, 2.24) is 0 Å². The fourth-order valence-corrected chi connectivity index (χ4v) is 4.69. The second kappa shape index (κ2) is 3.65. The Morgan fingerprint density at radius 2 is 2.33 bits per heavy atom. The zero-order valence-corrected chi connectivity index (χ0v) is 11.2. The molecule has 1 atom stereocenters. The van der Waals surface area contributed by atoms with Crippen LogP contribution in [0, 0.1) is 0 Å². The number of furan rings is 1. The monoisotopic (exact) mass is 254 g/mol. The fraction of sp³-hybridized carbons (Fsp3) is 0.273. The lowest BCUT2D eigenvalue weighted by molar-refractivity contribution is 0.595. The summed E-state index contributed by atoms with van der Waals surface area (Å²) in [6.45, 7) is 4.37. The molecular formula is C11H11OPS2. The molecule has 0 saturated carbocycles. The van der Waals surface area contributed by atoms with Crippen molar-refractivity contribution in [2.45, 2.75) is 11.8 Å². The van der Waals surface area contributed by atoms with Crippen LogP contribution in [0.15, 0.2) is 21.0 Å². The highest BCUT2D eigenvalue weighted by atomic mass is 32.2. The minimum absolute atomic E-state index is 0.872. The molecule has 0 amide bonds. The van der Waals surface area contributed by atoms with Gasteiger partial charge < -0.3 is 4.42 Å². The molecule has 1 unspecified atom stereocenters. The van der Waals surface area contributed by atoms with Gasteiger partial charge in [0.25, 0.3) is 0 Å². The Labute approximate surface area is 98.7 Å². The van der Waals surface area contributed by atoms with Crippen molar-refractivity contribution >= 4 is 52.7 Å². The second-order valence-corrected chi connectivity index (χ2v) is 7.07. The summed E-state index contributed by atoms with van der Waals surface area (Å²) in [5.41, 5.74) is 2.47. The Balaban J connectivity index is 2.23. The average molecular weight is 254 g/mol. The molecule has 0 saturated heterocycles. The van der Waals surface area contributed by atoms with E-state index < -0.39 is 0 Å². The van der Waals surface area contributed by atoms with Crippen LogP contribution in [-0.2, 0) is 0 Å². The number of rotatable bonds is 1. The first-order valence-corrected chi connectivity index (χ1v) is 8.12. The predicted molar refractivity (Wildman–Crippen MR) is 72.3 cm³/mol. The van der Waals surface area contributed by atoms with Crippen molar-refractivity contribution in [3.63, 3.8) is 0 Å². The maximum absolute atomic E-state index is 5.86. The lowest BCUT2D eigenvalue weighted by atomic mass is 10.3. The van der Waals surface area contributed by atoms with E-state index in [1.807, 2.05) is 23.1 Å². The summed E-state index contributed by atoms with van der Waals surface area (Å²) in [5.74, 6) is 2.17. The highest BCUT2D eigenvalue weighted by molar-refractivity contribution is 8.00. The van der Waals surface area contributed by atoms with Gasteiger partial charge in [0, 0.05) is 10.4 Å². The number of hydrogen-bond acceptors (Lipinski definition) is 3. The SMILES string of the molecule is CPc1cc2oc3c(c2s1)SCC(C)=C3. The number of thiophene rings is 1. The van der Waals surface area contributed by atoms with Gasteiger partial charge in [-0.25, -0.2) is 0 Å². The first-order chi connectivity index (χ1) is 7.28. The van der Waals surface area contributed by atoms with Crippen molar-refractivity contribution in [2.75, 3.05) is 12.4 Å². The molecule has 0 aliphatic carbocycles. The largest absolute Gasteiger partial charge is 0.455 e. The molecule has 1 aliphatic rings. The molecule has 0 spiro atoms. The van der Waals surface area contributed by atoms with Gasteiger partial charge in [-0.1, -0.05) is 14.2 Å². The summed E-state index contributed by atoms with van der Waals surface area (Å²) in [6.07, 6.45) is 2.17. The van der Waals surface area contributed by atoms with E-state index in [1.165, 1.54) is 19.8 Å². The smallest absolute Gasteiger partial charge is 0.147 e. The molecular weight excluding hydrogens is 243 g/mol. The lowest BCUT2D eigenvalue weighted by Crippen LogP contribution is -1.88. The molecule has 0 N–H and O–H groups in total. The Hall–Kier alpha value is -0.240. The van der Waals surface area contributed by atoms with E-state index in [1.54, 1.807) is 0 Å². The quantitative estimate of drug-likeness (QED) is 0.715. The fourth-order valence-electron chi connectivity index (χ4n) is 1.69. The minimum Gasteiger partial charge on any atom is -0.455 e. The van der Waals surface area contributed by atoms with Gasteiger partial charge in [-0.15, -0.1) is 23.1 Å². The van der Waals surface area contributed by atoms with Gasteiger partial charge >= 0.3 is 0 Å². The normalized spacial score (nSPS) is 16.3. The molecule has 15 heavy (non-hydrogen) atoms. The van der Waals surface area contributed by atoms with Crippen molar-refractivity contribution in [1.29, 1.82) is 0 Å². The summed E-state index contributed by atoms with van der Waals surface area (Å²) < 4.78 is 8.65. The Morgan fingerprint density at radius 1 is 1.47 bits per heavy atom. The van der Waals surface area contributed by atoms with E-state index in [-0.39, 0.29) is 0 Å². The van der Waals surface area contributed by atoms with Crippen molar-refractivity contribution in [2.24, 2.45) is 0 Å². The highest BCUT2D eigenvalue weighted by Gasteiger charge is 2.19. The van der Waals surface area contributed by atoms with Crippen LogP contribution in [0.3, 0.4) is 0 Å². The zero-order valence-electron chi connectivity index (χ0n) is 8.59. The van der Waals surface area contributed by atoms with Crippen LogP contribution in [0.5, 0.6) is 0 Å². The van der Waals surface area contributed by atoms with Gasteiger partial charge in [0.05, 0.1) is 9.60 Å². The van der Waals surface area contributed by atoms with E-state index in [0.29, 0.717) is 0 Å². The third-order valence-corrected chi connectivity index (χ3v) is 6.34. The van der Waals surface area contributed by atoms with Gasteiger partial charge in [0.1, 0.15) is 11.3 Å². The maximum atomic E-state index is 5.86. The van der Waals surface area contributed by atoms with Gasteiger partial charge in [0.15, 0.2) is 0 Å². The molecule has 1 aliphatic heterocycles. The molecule has 1 nitrogen and oxygen atoms in total. The van der Waals surface area contributed by atoms with Crippen molar-refractivity contribution < 1.29 is 4.42 Å². The minimum atomic E-state index is 0.872. The molecule has 0 fully saturated rings. The van der Waals surface area contributed by atoms with Crippen LogP contribution in [0.2, 0.25) is 0 Å². The molecule has 0 radical (unpaired) electrons. The van der Waals surface area contributed by atoms with E-state index in [0.717, 1.165) is 25.7 Å². The molecule has 0 bridgehead atoms. The van der Waals surface area contributed by atoms with Crippen LogP contribution in [0.25, 0.3) is 16.4 Å². The third-order valence-electron chi connectivity index (χ3n) is 2.42. The topological polar surface area (TPSA) is 13.1 Å². The summed E-state index contributed by atoms with van der Waals surface area (Å²) in [4.78, 5) is 1.35. The molecule has 3 rings (SSSR count). The second-order valence-electron chi connectivity index (χ2n) is 3.63. The average Bonchev–Trinajstić information content (AvgIpc) is 2.73. The van der Waals surface area contributed by atoms with E-state index in [9.17, 15) is 0 Å². The summed E-state index contributed by atoms with van der Waals surface area (Å²) in [5, 5.41) is 0. The van der Waals surface area contributed by atoms with Gasteiger partial charge in [-0.05, 0) is 25.7 Å². The summed E-state index contributed by atoms with van der Waals surface area (Å²) in [7, 11) is 0.872. The summed E-state index contributed by atoms with van der Waals surface area (Å²) >= 11 is 3.80. The Kier molecular flexibility index (Phi) is 2.42. The van der Waals surface area contributed by atoms with Gasteiger partial charge in [-0.3, -0.25) is 0 Å². The molecule has 78 valence electrons. The Morgan fingerprint density at radius 3 is 3.13 bits per heavy atom. The first kappa shape index (κ1) is 9.95. The molecule has 2 aromatic rings. The van der Waals surface area contributed by atoms with Crippen LogP contribution in [0.1, 0.15) is 12.7 Å². The number of hydrogen-bond donors (Lipinski definition) is 0. The van der Waals surface area contributed by atoms with Gasteiger partial charge in [0.2, 0.25) is 0 Å². The molecule has 3 heterocycles. The third kappa shape index (κ3) is 1.57. The van der Waals surface area contributed by atoms with E-state index in [2.05, 4.69) is 25.7 Å². The lowest BCUT2D eigenvalue weighted by Gasteiger charge is -2.06. The maximum Gasteiger partial charge on any atom is 0.147 e. The predicted octanol–water partition coefficient (Wildman–Crippen LogP) is 3.94. The first-order valence-electron chi connectivity index (χ1n) is 4.82. The van der Waals surface area contributed by atoms with Crippen LogP contribution < -0.4 is 4.62 Å². The van der Waals surface area contributed by atoms with Crippen molar-refractivity contribution in [3.8, 4) is 0 Å². The highest BCUT2D eigenvalue weighted by Crippen LogP contribution is 2.42. The molecule has 2 aromatic heterocycles. The number of thioether (sulfide) groups is 1. The molecule has 0 aromatic carbocycles.